The summed E-state index contributed by atoms with van der Waals surface area (Å²) in [7, 11) is 0. The van der Waals surface area contributed by atoms with Crippen molar-refractivity contribution in [3.8, 4) is 0 Å². The molecule has 2 aliphatic heterocycles. The predicted molar refractivity (Wildman–Crippen MR) is 128 cm³/mol. The van der Waals surface area contributed by atoms with Gasteiger partial charge in [-0.2, -0.15) is 5.43 Å². The van der Waals surface area contributed by atoms with Crippen LogP contribution in [0.25, 0.3) is 0 Å². The lowest BCUT2D eigenvalue weighted by molar-refractivity contribution is -0.886. The first-order chi connectivity index (χ1) is 18.1. The van der Waals surface area contributed by atoms with Crippen LogP contribution in [-0.4, -0.2) is 78.1 Å². The van der Waals surface area contributed by atoms with Crippen LogP contribution < -0.4 is 10.7 Å². The van der Waals surface area contributed by atoms with Crippen molar-refractivity contribution < 1.29 is 48.3 Å². The van der Waals surface area contributed by atoms with E-state index >= 15 is 0 Å². The van der Waals surface area contributed by atoms with Gasteiger partial charge in [0.2, 0.25) is 0 Å². The van der Waals surface area contributed by atoms with Crippen LogP contribution in [0.2, 0.25) is 0 Å². The van der Waals surface area contributed by atoms with Gasteiger partial charge in [0.15, 0.2) is 16.8 Å². The molecule has 1 aromatic heterocycles. The summed E-state index contributed by atoms with van der Waals surface area (Å²) >= 11 is 1.22. The van der Waals surface area contributed by atoms with E-state index in [1.165, 1.54) is 23.9 Å². The lowest BCUT2D eigenvalue weighted by atomic mass is 10.0. The Kier molecular flexibility index (Phi) is 7.32. The zero-order valence-corrected chi connectivity index (χ0v) is 20.6. The second-order valence-electron chi connectivity index (χ2n) is 8.35. The number of H-pyrrole nitrogens is 1. The number of aromatic carboxylic acids is 1. The first-order valence-electron chi connectivity index (χ1n) is 11.1. The average Bonchev–Trinajstić information content (AvgIpc) is 3.37. The van der Waals surface area contributed by atoms with Gasteiger partial charge in [0, 0.05) is 18.2 Å². The molecule has 0 spiro atoms. The van der Waals surface area contributed by atoms with Crippen molar-refractivity contribution in [2.45, 2.75) is 24.8 Å². The number of imidazole rings is 1. The van der Waals surface area contributed by atoms with Crippen LogP contribution in [0, 0.1) is 0 Å². The molecule has 5 N–H and O–H groups in total. The summed E-state index contributed by atoms with van der Waals surface area (Å²) in [5, 5.41) is 21.1. The van der Waals surface area contributed by atoms with Crippen LogP contribution in [0.3, 0.4) is 0 Å². The first-order valence-corrected chi connectivity index (χ1v) is 12.2. The number of carbonyl (C=O) groups is 6. The lowest BCUT2D eigenvalue weighted by Gasteiger charge is -2.49. The lowest BCUT2D eigenvalue weighted by Crippen LogP contribution is -2.77. The monoisotopic (exact) mass is 544 g/mol. The molecule has 4 rings (SSSR count). The van der Waals surface area contributed by atoms with Crippen molar-refractivity contribution >= 4 is 47.4 Å². The minimum Gasteiger partial charge on any atom is -0.477 e. The van der Waals surface area contributed by atoms with Crippen molar-refractivity contribution in [3.05, 3.63) is 64.9 Å². The number of benzene rings is 1. The molecule has 3 amide bonds. The number of carbonyl (C=O) groups excluding carboxylic acids is 4. The highest BCUT2D eigenvalue weighted by molar-refractivity contribution is 8.00. The normalized spacial score (nSPS) is 21.0. The van der Waals surface area contributed by atoms with Gasteiger partial charge in [-0.05, 0) is 5.56 Å². The van der Waals surface area contributed by atoms with E-state index in [-0.39, 0.29) is 29.9 Å². The van der Waals surface area contributed by atoms with Gasteiger partial charge in [-0.25, -0.2) is 19.4 Å². The number of fused-ring (bicyclic) bond motifs is 1. The maximum atomic E-state index is 13.7. The maximum Gasteiger partial charge on any atom is 0.393 e. The van der Waals surface area contributed by atoms with Crippen LogP contribution in [0.1, 0.15) is 45.9 Å². The molecule has 1 aromatic carbocycles. The standard InChI is InChI=1S/C23H21N5O9S/c1-11(29)37-8-13-9-38-15-7-14(30)28(15,19(13)23(35)36)27-21(32)16(12-5-3-2-4-6-12)26-20(31)17-18(22(33)34)25-10-24-17/h2-6,10,15-16H,7-9H2,1H3,(H4-,24,25,26,27,31,32,33,34,35,36)/p+1/t15-,16?,28?/m1/s1. The molecule has 3 atom stereocenters. The molecule has 0 aliphatic carbocycles. The van der Waals surface area contributed by atoms with E-state index in [2.05, 4.69) is 20.7 Å². The highest BCUT2D eigenvalue weighted by Gasteiger charge is 2.66. The Labute approximate surface area is 218 Å². The Hall–Kier alpha value is -4.50. The minimum absolute atomic E-state index is 0.0137. The molecule has 2 aromatic rings. The zero-order chi connectivity index (χ0) is 27.6. The highest BCUT2D eigenvalue weighted by Crippen LogP contribution is 2.46. The summed E-state index contributed by atoms with van der Waals surface area (Å²) in [6, 6.07) is 6.45. The van der Waals surface area contributed by atoms with Gasteiger partial charge in [0.25, 0.3) is 17.5 Å². The van der Waals surface area contributed by atoms with E-state index in [1.54, 1.807) is 18.2 Å². The number of aromatic amines is 1. The molecule has 15 heteroatoms. The van der Waals surface area contributed by atoms with Gasteiger partial charge in [0.05, 0.1) is 6.33 Å². The van der Waals surface area contributed by atoms with Crippen LogP contribution >= 0.6 is 11.8 Å². The Morgan fingerprint density at radius 2 is 1.89 bits per heavy atom. The molecule has 0 saturated carbocycles. The zero-order valence-electron chi connectivity index (χ0n) is 19.8. The fourth-order valence-electron chi connectivity index (χ4n) is 4.24. The van der Waals surface area contributed by atoms with Crippen molar-refractivity contribution in [2.24, 2.45) is 0 Å². The van der Waals surface area contributed by atoms with Gasteiger partial charge in [0.1, 0.15) is 19.1 Å². The van der Waals surface area contributed by atoms with E-state index < -0.39 is 68.7 Å². The number of thioether (sulfide) groups is 1. The van der Waals surface area contributed by atoms with Crippen molar-refractivity contribution in [1.82, 2.24) is 20.7 Å². The van der Waals surface area contributed by atoms with Crippen LogP contribution in [0.15, 0.2) is 47.9 Å². The third-order valence-electron chi connectivity index (χ3n) is 5.99. The molecule has 38 heavy (non-hydrogen) atoms. The van der Waals surface area contributed by atoms with Gasteiger partial charge < -0.3 is 25.3 Å². The molecule has 1 fully saturated rings. The predicted octanol–water partition coefficient (Wildman–Crippen LogP) is 0.332. The van der Waals surface area contributed by atoms with Crippen molar-refractivity contribution in [2.75, 3.05) is 12.4 Å². The molecule has 3 heterocycles. The summed E-state index contributed by atoms with van der Waals surface area (Å²) in [4.78, 5) is 80.7. The number of hydrogen-bond acceptors (Lipinski definition) is 9. The summed E-state index contributed by atoms with van der Waals surface area (Å²) in [5.74, 6) is -5.92. The number of quaternary nitrogens is 1. The Morgan fingerprint density at radius 3 is 2.50 bits per heavy atom. The molecule has 2 aliphatic rings. The number of carboxylic acids is 2. The van der Waals surface area contributed by atoms with Gasteiger partial charge in [-0.15, -0.1) is 4.59 Å². The number of β-lactam (4-membered cyclic amide) rings is 1. The minimum atomic E-state index is -1.48. The van der Waals surface area contributed by atoms with Gasteiger partial charge in [-0.1, -0.05) is 42.1 Å². The average molecular weight is 545 g/mol. The molecule has 2 unspecified atom stereocenters. The van der Waals surface area contributed by atoms with E-state index in [0.29, 0.717) is 0 Å². The molecule has 14 nitrogen and oxygen atoms in total. The number of amides is 3. The molecule has 0 bridgehead atoms. The fraction of sp³-hybridized carbons (Fsp3) is 0.261. The third kappa shape index (κ3) is 4.76. The van der Waals surface area contributed by atoms with Crippen LogP contribution in [0.5, 0.6) is 0 Å². The quantitative estimate of drug-likeness (QED) is 0.165. The molecular formula is C23H22N5O9S+. The molecule has 198 valence electrons. The summed E-state index contributed by atoms with van der Waals surface area (Å²) in [5.41, 5.74) is 1.53. The number of nitrogens with one attached hydrogen (secondary N) is 3. The van der Waals surface area contributed by atoms with E-state index in [0.717, 1.165) is 13.3 Å². The maximum absolute atomic E-state index is 13.7. The second kappa shape index (κ2) is 10.5. The molecular weight excluding hydrogens is 522 g/mol. The number of aromatic nitrogens is 2. The number of rotatable bonds is 9. The Morgan fingerprint density at radius 1 is 1.18 bits per heavy atom. The van der Waals surface area contributed by atoms with Crippen molar-refractivity contribution in [3.63, 3.8) is 0 Å². The van der Waals surface area contributed by atoms with Crippen molar-refractivity contribution in [1.29, 1.82) is 0 Å². The second-order valence-corrected chi connectivity index (χ2v) is 9.51. The van der Waals surface area contributed by atoms with E-state index in [4.69, 9.17) is 4.74 Å². The Bertz CT molecular complexity index is 1370. The summed E-state index contributed by atoms with van der Waals surface area (Å²) in [6.07, 6.45) is 0.997. The number of hydrogen-bond donors (Lipinski definition) is 5. The third-order valence-corrected chi connectivity index (χ3v) is 7.37. The Balaban J connectivity index is 1.71. The molecule has 0 radical (unpaired) electrons. The van der Waals surface area contributed by atoms with Gasteiger partial charge >= 0.3 is 23.8 Å². The van der Waals surface area contributed by atoms with Crippen LogP contribution in [-0.2, 0) is 23.9 Å². The highest BCUT2D eigenvalue weighted by atomic mass is 32.2. The van der Waals surface area contributed by atoms with Gasteiger partial charge in [-0.3, -0.25) is 14.4 Å². The van der Waals surface area contributed by atoms with E-state index in [9.17, 15) is 39.0 Å². The molecule has 1 saturated heterocycles. The number of nitrogens with zero attached hydrogens (tertiary/aromatic N) is 2. The summed E-state index contributed by atoms with van der Waals surface area (Å²) in [6.45, 7) is 0.777. The van der Waals surface area contributed by atoms with E-state index in [1.807, 2.05) is 0 Å². The smallest absolute Gasteiger partial charge is 0.393 e. The first kappa shape index (κ1) is 26.6. The topological polar surface area (TPSA) is 205 Å². The number of ether oxygens (including phenoxy) is 1. The van der Waals surface area contributed by atoms with Crippen LogP contribution in [0.4, 0.5) is 0 Å². The summed E-state index contributed by atoms with van der Waals surface area (Å²) < 4.78 is 3.94. The number of carboxylic acid groups (broad SMARTS) is 2. The SMILES string of the molecule is CC(=O)OCC1=C(C(=O)O)[N+]2(NC(=O)C(NC(=O)c3nc[nH]c3C(=O)O)c3ccccc3)C(=O)C[C@H]2SC1. The number of esters is 1. The largest absolute Gasteiger partial charge is 0.477 e. The fourth-order valence-corrected chi connectivity index (χ4v) is 5.61. The number of aliphatic carboxylic acids is 1.